The van der Waals surface area contributed by atoms with Crippen molar-refractivity contribution in [2.75, 3.05) is 11.9 Å². The maximum Gasteiger partial charge on any atom is 0.347 e. The van der Waals surface area contributed by atoms with E-state index >= 15 is 0 Å². The van der Waals surface area contributed by atoms with Crippen LogP contribution in [0.25, 0.3) is 0 Å². The van der Waals surface area contributed by atoms with Crippen molar-refractivity contribution in [3.63, 3.8) is 0 Å². The number of anilines is 1. The molecular weight excluding hydrogens is 364 g/mol. The van der Waals surface area contributed by atoms with Gasteiger partial charge in [0.25, 0.3) is 11.6 Å². The molecule has 1 amide bonds. The topological polar surface area (TPSA) is 108 Å². The number of ether oxygens (including phenoxy) is 2. The number of nitro benzene ring substituents is 1. The van der Waals surface area contributed by atoms with Gasteiger partial charge in [-0.25, -0.2) is 4.79 Å². The lowest BCUT2D eigenvalue weighted by molar-refractivity contribution is -0.383. The summed E-state index contributed by atoms with van der Waals surface area (Å²) in [7, 11) is 0. The van der Waals surface area contributed by atoms with Gasteiger partial charge in [-0.05, 0) is 31.2 Å². The predicted octanol–water partition coefficient (Wildman–Crippen LogP) is 3.20. The van der Waals surface area contributed by atoms with Gasteiger partial charge in [0, 0.05) is 11.1 Å². The minimum atomic E-state index is -0.925. The van der Waals surface area contributed by atoms with E-state index in [0.29, 0.717) is 5.75 Å². The highest BCUT2D eigenvalue weighted by Crippen LogP contribution is 2.27. The number of rotatable bonds is 7. The Hall–Kier alpha value is -3.13. The number of para-hydroxylation sites is 1. The molecule has 1 N–H and O–H groups in total. The molecular formula is C17H15ClN2O6. The van der Waals surface area contributed by atoms with E-state index in [2.05, 4.69) is 5.32 Å². The maximum atomic E-state index is 11.9. The molecule has 8 nitrogen and oxygen atoms in total. The van der Waals surface area contributed by atoms with E-state index in [1.54, 1.807) is 30.3 Å². The molecule has 0 aliphatic heterocycles. The van der Waals surface area contributed by atoms with Gasteiger partial charge in [0.15, 0.2) is 12.7 Å². The van der Waals surface area contributed by atoms with E-state index in [9.17, 15) is 19.7 Å². The first-order valence-corrected chi connectivity index (χ1v) is 7.86. The van der Waals surface area contributed by atoms with Gasteiger partial charge >= 0.3 is 5.97 Å². The molecule has 0 bridgehead atoms. The zero-order valence-corrected chi connectivity index (χ0v) is 14.4. The van der Waals surface area contributed by atoms with Crippen LogP contribution in [0.5, 0.6) is 5.75 Å². The van der Waals surface area contributed by atoms with Gasteiger partial charge < -0.3 is 14.8 Å². The molecule has 0 aromatic heterocycles. The Morgan fingerprint density at radius 1 is 1.23 bits per heavy atom. The number of benzene rings is 2. The van der Waals surface area contributed by atoms with Gasteiger partial charge in [-0.2, -0.15) is 0 Å². The van der Waals surface area contributed by atoms with Crippen LogP contribution in [-0.2, 0) is 14.3 Å². The fourth-order valence-corrected chi connectivity index (χ4v) is 2.13. The van der Waals surface area contributed by atoms with Crippen LogP contribution < -0.4 is 10.1 Å². The number of hydrogen-bond donors (Lipinski definition) is 1. The zero-order chi connectivity index (χ0) is 19.1. The van der Waals surface area contributed by atoms with Gasteiger partial charge in [0.05, 0.1) is 4.92 Å². The van der Waals surface area contributed by atoms with Crippen LogP contribution in [0.1, 0.15) is 6.92 Å². The van der Waals surface area contributed by atoms with Gasteiger partial charge in [-0.3, -0.25) is 14.9 Å². The molecule has 2 aromatic rings. The fourth-order valence-electron chi connectivity index (χ4n) is 1.96. The Labute approximate surface area is 153 Å². The smallest absolute Gasteiger partial charge is 0.347 e. The lowest BCUT2D eigenvalue weighted by Gasteiger charge is -2.14. The minimum absolute atomic E-state index is 0.0860. The summed E-state index contributed by atoms with van der Waals surface area (Å²) in [6, 6.07) is 12.4. The molecule has 0 spiro atoms. The Balaban J connectivity index is 1.89. The highest BCUT2D eigenvalue weighted by Gasteiger charge is 2.20. The molecule has 2 aromatic carbocycles. The molecule has 0 saturated carbocycles. The molecule has 0 radical (unpaired) electrons. The number of amides is 1. The largest absolute Gasteiger partial charge is 0.479 e. The van der Waals surface area contributed by atoms with Gasteiger partial charge in [-0.15, -0.1) is 0 Å². The lowest BCUT2D eigenvalue weighted by atomic mass is 10.2. The molecule has 0 saturated heterocycles. The maximum absolute atomic E-state index is 11.9. The van der Waals surface area contributed by atoms with Crippen LogP contribution in [0.4, 0.5) is 11.4 Å². The first kappa shape index (κ1) is 19.2. The summed E-state index contributed by atoms with van der Waals surface area (Å²) in [6.45, 7) is 0.861. The summed E-state index contributed by atoms with van der Waals surface area (Å²) in [5, 5.41) is 13.5. The number of hydrogen-bond acceptors (Lipinski definition) is 6. The van der Waals surface area contributed by atoms with E-state index < -0.39 is 29.5 Å². The van der Waals surface area contributed by atoms with E-state index in [0.717, 1.165) is 0 Å². The van der Waals surface area contributed by atoms with Gasteiger partial charge in [0.1, 0.15) is 11.4 Å². The SMILES string of the molecule is C[C@H](Oc1ccccc1)C(=O)OCC(=O)Nc1cc(Cl)ccc1[N+](=O)[O-]. The van der Waals surface area contributed by atoms with Crippen LogP contribution in [0.2, 0.25) is 5.02 Å². The summed E-state index contributed by atoms with van der Waals surface area (Å²) >= 11 is 5.78. The summed E-state index contributed by atoms with van der Waals surface area (Å²) in [6.07, 6.45) is -0.925. The van der Waals surface area contributed by atoms with Crippen molar-refractivity contribution in [2.24, 2.45) is 0 Å². The Kier molecular flexibility index (Phi) is 6.51. The normalized spacial score (nSPS) is 11.3. The molecule has 136 valence electrons. The highest BCUT2D eigenvalue weighted by molar-refractivity contribution is 6.31. The lowest BCUT2D eigenvalue weighted by Crippen LogP contribution is -2.29. The number of carbonyl (C=O) groups is 2. The molecule has 2 rings (SSSR count). The Morgan fingerprint density at radius 3 is 2.58 bits per heavy atom. The Morgan fingerprint density at radius 2 is 1.92 bits per heavy atom. The van der Waals surface area contributed by atoms with Crippen LogP contribution in [0.15, 0.2) is 48.5 Å². The van der Waals surface area contributed by atoms with Crippen molar-refractivity contribution in [2.45, 2.75) is 13.0 Å². The quantitative estimate of drug-likeness (QED) is 0.450. The van der Waals surface area contributed by atoms with Crippen molar-refractivity contribution in [1.29, 1.82) is 0 Å². The van der Waals surface area contributed by atoms with E-state index in [1.165, 1.54) is 25.1 Å². The fraction of sp³-hybridized carbons (Fsp3) is 0.176. The predicted molar refractivity (Wildman–Crippen MR) is 94.2 cm³/mol. The number of nitrogens with one attached hydrogen (secondary N) is 1. The third-order valence-electron chi connectivity index (χ3n) is 3.16. The van der Waals surface area contributed by atoms with Crippen molar-refractivity contribution in [3.8, 4) is 5.75 Å². The average molecular weight is 379 g/mol. The van der Waals surface area contributed by atoms with Gasteiger partial charge in [-0.1, -0.05) is 29.8 Å². The zero-order valence-electron chi connectivity index (χ0n) is 13.7. The van der Waals surface area contributed by atoms with Crippen LogP contribution in [0, 0.1) is 10.1 Å². The standard InChI is InChI=1S/C17H15ClN2O6/c1-11(26-13-5-3-2-4-6-13)17(22)25-10-16(21)19-14-9-12(18)7-8-15(14)20(23)24/h2-9,11H,10H2,1H3,(H,19,21)/t11-/m0/s1. The summed E-state index contributed by atoms with van der Waals surface area (Å²) in [5.74, 6) is -1.00. The molecule has 9 heteroatoms. The van der Waals surface area contributed by atoms with Crippen LogP contribution in [0.3, 0.4) is 0 Å². The summed E-state index contributed by atoms with van der Waals surface area (Å²) in [5.41, 5.74) is -0.410. The first-order valence-electron chi connectivity index (χ1n) is 7.49. The van der Waals surface area contributed by atoms with E-state index in [1.807, 2.05) is 0 Å². The second-order valence-electron chi connectivity index (χ2n) is 5.15. The molecule has 0 aliphatic carbocycles. The molecule has 0 heterocycles. The molecule has 26 heavy (non-hydrogen) atoms. The van der Waals surface area contributed by atoms with Crippen molar-refractivity contribution < 1.29 is 24.0 Å². The van der Waals surface area contributed by atoms with Crippen LogP contribution >= 0.6 is 11.6 Å². The minimum Gasteiger partial charge on any atom is -0.479 e. The summed E-state index contributed by atoms with van der Waals surface area (Å²) < 4.78 is 10.2. The Bertz CT molecular complexity index is 812. The second-order valence-corrected chi connectivity index (χ2v) is 5.58. The third kappa shape index (κ3) is 5.45. The van der Waals surface area contributed by atoms with E-state index in [-0.39, 0.29) is 16.4 Å². The van der Waals surface area contributed by atoms with Crippen LogP contribution in [-0.4, -0.2) is 29.5 Å². The molecule has 1 atom stereocenters. The first-order chi connectivity index (χ1) is 12.4. The number of halogens is 1. The van der Waals surface area contributed by atoms with Gasteiger partial charge in [0.2, 0.25) is 0 Å². The monoisotopic (exact) mass is 378 g/mol. The van der Waals surface area contributed by atoms with Crippen molar-refractivity contribution in [1.82, 2.24) is 0 Å². The number of esters is 1. The number of nitro groups is 1. The molecule has 0 unspecified atom stereocenters. The molecule has 0 fully saturated rings. The summed E-state index contributed by atoms with van der Waals surface area (Å²) in [4.78, 5) is 34.1. The highest BCUT2D eigenvalue weighted by atomic mass is 35.5. The van der Waals surface area contributed by atoms with E-state index in [4.69, 9.17) is 21.1 Å². The third-order valence-corrected chi connectivity index (χ3v) is 3.40. The molecule has 0 aliphatic rings. The average Bonchev–Trinajstić information content (AvgIpc) is 2.60. The number of carbonyl (C=O) groups excluding carboxylic acids is 2. The van der Waals surface area contributed by atoms with Crippen molar-refractivity contribution >= 4 is 34.9 Å². The number of nitrogens with zero attached hydrogens (tertiary/aromatic N) is 1. The van der Waals surface area contributed by atoms with Crippen molar-refractivity contribution in [3.05, 3.63) is 63.7 Å². The second kappa shape index (κ2) is 8.82.